The first-order chi connectivity index (χ1) is 10.1. The van der Waals surface area contributed by atoms with Crippen molar-refractivity contribution in [3.63, 3.8) is 0 Å². The first-order valence-corrected chi connectivity index (χ1v) is 8.18. The number of halogens is 1. The third kappa shape index (κ3) is 4.56. The zero-order valence-electron chi connectivity index (χ0n) is 12.2. The fourth-order valence-electron chi connectivity index (χ4n) is 2.19. The highest BCUT2D eigenvalue weighted by Crippen LogP contribution is 2.25. The molecule has 0 radical (unpaired) electrons. The first-order valence-electron chi connectivity index (χ1n) is 6.93. The maximum atomic E-state index is 11.2. The largest absolute Gasteiger partial charge is 0.325 e. The van der Waals surface area contributed by atoms with Gasteiger partial charge in [-0.2, -0.15) is 0 Å². The highest BCUT2D eigenvalue weighted by atomic mass is 35.5. The van der Waals surface area contributed by atoms with Crippen LogP contribution in [0.2, 0.25) is 5.02 Å². The quantitative estimate of drug-likeness (QED) is 0.816. The number of thiophene rings is 1. The van der Waals surface area contributed by atoms with Gasteiger partial charge < -0.3 is 10.6 Å². The van der Waals surface area contributed by atoms with Gasteiger partial charge in [-0.15, -0.1) is 11.3 Å². The van der Waals surface area contributed by atoms with Gasteiger partial charge in [0.2, 0.25) is 5.91 Å². The Kier molecular flexibility index (Phi) is 5.79. The molecule has 2 N–H and O–H groups in total. The zero-order chi connectivity index (χ0) is 15.2. The number of anilines is 1. The summed E-state index contributed by atoms with van der Waals surface area (Å²) in [6, 6.07) is 10.1. The molecule has 0 fully saturated rings. The van der Waals surface area contributed by atoms with Crippen molar-refractivity contribution in [3.05, 3.63) is 51.2 Å². The Hall–Kier alpha value is -1.36. The number of carbonyl (C=O) groups is 1. The summed E-state index contributed by atoms with van der Waals surface area (Å²) in [7, 11) is 0. The lowest BCUT2D eigenvalue weighted by atomic mass is 10.0. The molecular weight excluding hydrogens is 304 g/mol. The van der Waals surface area contributed by atoms with Gasteiger partial charge in [0.15, 0.2) is 0 Å². The lowest BCUT2D eigenvalue weighted by Gasteiger charge is -2.17. The normalized spacial score (nSPS) is 12.1. The van der Waals surface area contributed by atoms with E-state index in [2.05, 4.69) is 17.6 Å². The van der Waals surface area contributed by atoms with Crippen LogP contribution in [0.4, 0.5) is 5.69 Å². The monoisotopic (exact) mass is 322 g/mol. The molecule has 112 valence electrons. The molecule has 0 saturated heterocycles. The summed E-state index contributed by atoms with van der Waals surface area (Å²) >= 11 is 7.57. The predicted octanol–water partition coefficient (Wildman–Crippen LogP) is 4.60. The van der Waals surface area contributed by atoms with Crippen LogP contribution in [0.15, 0.2) is 35.7 Å². The van der Waals surface area contributed by atoms with Crippen LogP contribution in [0.3, 0.4) is 0 Å². The average molecular weight is 323 g/mol. The van der Waals surface area contributed by atoms with Gasteiger partial charge in [-0.1, -0.05) is 30.7 Å². The highest BCUT2D eigenvalue weighted by molar-refractivity contribution is 7.10. The minimum Gasteiger partial charge on any atom is -0.325 e. The number of hydrogen-bond acceptors (Lipinski definition) is 3. The molecule has 1 heterocycles. The van der Waals surface area contributed by atoms with E-state index in [1.807, 2.05) is 35.7 Å². The topological polar surface area (TPSA) is 41.1 Å². The second kappa shape index (κ2) is 7.59. The molecule has 1 atom stereocenters. The van der Waals surface area contributed by atoms with Crippen molar-refractivity contribution in [2.75, 3.05) is 5.32 Å². The van der Waals surface area contributed by atoms with Crippen molar-refractivity contribution in [2.45, 2.75) is 32.9 Å². The van der Waals surface area contributed by atoms with E-state index in [1.54, 1.807) is 11.3 Å². The highest BCUT2D eigenvalue weighted by Gasteiger charge is 2.11. The van der Waals surface area contributed by atoms with E-state index in [0.717, 1.165) is 28.6 Å². The number of amides is 1. The van der Waals surface area contributed by atoms with E-state index < -0.39 is 0 Å². The summed E-state index contributed by atoms with van der Waals surface area (Å²) in [5.41, 5.74) is 2.12. The Morgan fingerprint density at radius 1 is 1.29 bits per heavy atom. The van der Waals surface area contributed by atoms with Crippen molar-refractivity contribution in [3.8, 4) is 0 Å². The fourth-order valence-corrected chi connectivity index (χ4v) is 3.09. The lowest BCUT2D eigenvalue weighted by molar-refractivity contribution is -0.114. The third-order valence-electron chi connectivity index (χ3n) is 3.25. The molecule has 2 rings (SSSR count). The van der Waals surface area contributed by atoms with Crippen LogP contribution in [0.1, 0.15) is 36.8 Å². The molecule has 3 nitrogen and oxygen atoms in total. The van der Waals surface area contributed by atoms with Crippen molar-refractivity contribution in [2.24, 2.45) is 0 Å². The molecule has 0 aliphatic rings. The van der Waals surface area contributed by atoms with Gasteiger partial charge >= 0.3 is 0 Å². The average Bonchev–Trinajstić information content (AvgIpc) is 2.88. The molecule has 2 aromatic rings. The van der Waals surface area contributed by atoms with Gasteiger partial charge in [0.05, 0.1) is 5.69 Å². The molecule has 5 heteroatoms. The van der Waals surface area contributed by atoms with Crippen LogP contribution in [0, 0.1) is 0 Å². The third-order valence-corrected chi connectivity index (χ3v) is 4.42. The lowest BCUT2D eigenvalue weighted by Crippen LogP contribution is -2.20. The minimum absolute atomic E-state index is 0.0422. The standard InChI is InChI=1S/C16H19ClN2OS/c1-3-14(12-4-6-13(17)7-5-12)18-10-16-15(8-9-21-16)19-11(2)20/h4-9,14,18H,3,10H2,1-2H3,(H,19,20). The molecular formula is C16H19ClN2OS. The van der Waals surface area contributed by atoms with Crippen LogP contribution in [0.25, 0.3) is 0 Å². The van der Waals surface area contributed by atoms with Gasteiger partial charge in [0, 0.05) is 29.4 Å². The maximum absolute atomic E-state index is 11.2. The molecule has 1 amide bonds. The molecule has 1 aromatic carbocycles. The van der Waals surface area contributed by atoms with Crippen molar-refractivity contribution in [1.82, 2.24) is 5.32 Å². The number of nitrogens with one attached hydrogen (secondary N) is 2. The van der Waals surface area contributed by atoms with E-state index in [1.165, 1.54) is 12.5 Å². The van der Waals surface area contributed by atoms with Gasteiger partial charge in [-0.3, -0.25) is 4.79 Å². The molecule has 0 bridgehead atoms. The summed E-state index contributed by atoms with van der Waals surface area (Å²) in [5, 5.41) is 9.14. The molecule has 0 aliphatic heterocycles. The Labute approximate surface area is 134 Å². The minimum atomic E-state index is -0.0422. The molecule has 0 spiro atoms. The summed E-state index contributed by atoms with van der Waals surface area (Å²) < 4.78 is 0. The number of rotatable bonds is 6. The molecule has 1 unspecified atom stereocenters. The summed E-state index contributed by atoms with van der Waals surface area (Å²) in [5.74, 6) is -0.0422. The van der Waals surface area contributed by atoms with Gasteiger partial charge in [0.25, 0.3) is 0 Å². The molecule has 0 saturated carbocycles. The second-order valence-corrected chi connectivity index (χ2v) is 6.27. The van der Waals surface area contributed by atoms with Crippen molar-refractivity contribution < 1.29 is 4.79 Å². The number of benzene rings is 1. The van der Waals surface area contributed by atoms with Crippen LogP contribution in [-0.2, 0) is 11.3 Å². The second-order valence-electron chi connectivity index (χ2n) is 4.83. The first kappa shape index (κ1) is 16.0. The SMILES string of the molecule is CCC(NCc1sccc1NC(C)=O)c1ccc(Cl)cc1. The van der Waals surface area contributed by atoms with Crippen LogP contribution >= 0.6 is 22.9 Å². The van der Waals surface area contributed by atoms with Crippen molar-refractivity contribution in [1.29, 1.82) is 0 Å². The summed E-state index contributed by atoms with van der Waals surface area (Å²) in [4.78, 5) is 12.3. The number of hydrogen-bond donors (Lipinski definition) is 2. The number of carbonyl (C=O) groups excluding carboxylic acids is 1. The van der Waals surface area contributed by atoms with E-state index in [-0.39, 0.29) is 11.9 Å². The molecule has 0 aliphatic carbocycles. The Morgan fingerprint density at radius 2 is 2.00 bits per heavy atom. The van der Waals surface area contributed by atoms with Gasteiger partial charge in [-0.05, 0) is 35.6 Å². The van der Waals surface area contributed by atoms with Crippen LogP contribution in [0.5, 0.6) is 0 Å². The van der Waals surface area contributed by atoms with Crippen LogP contribution < -0.4 is 10.6 Å². The van der Waals surface area contributed by atoms with E-state index in [0.29, 0.717) is 0 Å². The van der Waals surface area contributed by atoms with Gasteiger partial charge in [0.1, 0.15) is 0 Å². The van der Waals surface area contributed by atoms with E-state index in [4.69, 9.17) is 11.6 Å². The summed E-state index contributed by atoms with van der Waals surface area (Å²) in [6.45, 7) is 4.40. The summed E-state index contributed by atoms with van der Waals surface area (Å²) in [6.07, 6.45) is 0.989. The predicted molar refractivity (Wildman–Crippen MR) is 89.9 cm³/mol. The van der Waals surface area contributed by atoms with Gasteiger partial charge in [-0.25, -0.2) is 0 Å². The molecule has 1 aromatic heterocycles. The van der Waals surface area contributed by atoms with Crippen molar-refractivity contribution >= 4 is 34.5 Å². The van der Waals surface area contributed by atoms with Crippen LogP contribution in [-0.4, -0.2) is 5.91 Å². The van der Waals surface area contributed by atoms with E-state index >= 15 is 0 Å². The zero-order valence-corrected chi connectivity index (χ0v) is 13.7. The Bertz CT molecular complexity index is 595. The maximum Gasteiger partial charge on any atom is 0.221 e. The Morgan fingerprint density at radius 3 is 2.62 bits per heavy atom. The Balaban J connectivity index is 2.02. The van der Waals surface area contributed by atoms with E-state index in [9.17, 15) is 4.79 Å². The molecule has 21 heavy (non-hydrogen) atoms. The smallest absolute Gasteiger partial charge is 0.221 e. The fraction of sp³-hybridized carbons (Fsp3) is 0.312.